The van der Waals surface area contributed by atoms with E-state index >= 15 is 0 Å². The van der Waals surface area contributed by atoms with Gasteiger partial charge in [-0.1, -0.05) is 11.2 Å². The number of nitrogen functional groups attached to an aromatic ring is 1. The Kier molecular flexibility index (Phi) is 5.99. The number of fused-ring (bicyclic) bond motifs is 1. The molecule has 14 heteroatoms. The first kappa shape index (κ1) is 22.0. The number of β-lactam (4-membered cyclic amide) rings is 1. The van der Waals surface area contributed by atoms with Gasteiger partial charge >= 0.3 is 5.97 Å². The normalized spacial score (nSPS) is 21.0. The molecular weight excluding hydrogens is 476 g/mol. The summed E-state index contributed by atoms with van der Waals surface area (Å²) in [5.41, 5.74) is 8.13. The molecule has 2 atom stereocenters. The highest BCUT2D eigenvalue weighted by molar-refractivity contribution is 8.00. The quantitative estimate of drug-likeness (QED) is 0.200. The fourth-order valence-corrected chi connectivity index (χ4v) is 5.80. The van der Waals surface area contributed by atoms with E-state index in [9.17, 15) is 24.7 Å². The van der Waals surface area contributed by atoms with Gasteiger partial charge < -0.3 is 21.4 Å². The van der Waals surface area contributed by atoms with Crippen LogP contribution in [0.3, 0.4) is 0 Å². The van der Waals surface area contributed by atoms with E-state index in [-0.39, 0.29) is 22.2 Å². The summed E-state index contributed by atoms with van der Waals surface area (Å²) in [5.74, 6) is -2.28. The number of amides is 2. The number of carboxylic acid groups (broad SMARTS) is 1. The van der Waals surface area contributed by atoms with Crippen LogP contribution in [0.5, 0.6) is 0 Å². The second-order valence-electron chi connectivity index (χ2n) is 6.69. The van der Waals surface area contributed by atoms with Gasteiger partial charge in [0.1, 0.15) is 22.8 Å². The summed E-state index contributed by atoms with van der Waals surface area (Å²) < 4.78 is 0. The first-order chi connectivity index (χ1) is 15.3. The number of hydrogen-bond donors (Lipinski definition) is 4. The van der Waals surface area contributed by atoms with Gasteiger partial charge in [0.25, 0.3) is 11.8 Å². The predicted octanol–water partition coefficient (Wildman–Crippen LogP) is 1.12. The third kappa shape index (κ3) is 3.87. The molecule has 0 aliphatic carbocycles. The molecule has 166 valence electrons. The monoisotopic (exact) mass is 492 g/mol. The molecule has 1 saturated heterocycles. The van der Waals surface area contributed by atoms with Crippen molar-refractivity contribution in [1.29, 1.82) is 0 Å². The number of carboxylic acids is 1. The number of rotatable bonds is 6. The smallest absolute Gasteiger partial charge is 0.352 e. The molecule has 2 aromatic heterocycles. The van der Waals surface area contributed by atoms with Crippen LogP contribution < -0.4 is 11.1 Å². The Morgan fingerprint density at radius 3 is 2.75 bits per heavy atom. The van der Waals surface area contributed by atoms with Crippen molar-refractivity contribution in [3.05, 3.63) is 44.5 Å². The van der Waals surface area contributed by atoms with Crippen LogP contribution in [0.15, 0.2) is 33.4 Å². The molecule has 0 radical (unpaired) electrons. The number of nitrogens with zero attached hydrogens (tertiary/aromatic N) is 4. The first-order valence-corrected chi connectivity index (χ1v) is 11.9. The number of anilines is 1. The number of aliphatic carboxylic acids is 1. The fraction of sp³-hybridized carbons (Fsp3) is 0.222. The maximum absolute atomic E-state index is 12.8. The Morgan fingerprint density at radius 2 is 2.16 bits per heavy atom. The summed E-state index contributed by atoms with van der Waals surface area (Å²) in [7, 11) is 0. The van der Waals surface area contributed by atoms with Gasteiger partial charge in [0.05, 0.1) is 11.2 Å². The third-order valence-corrected chi connectivity index (χ3v) is 7.66. The number of allylic oxidation sites excluding steroid dienone is 1. The number of nitrogens with two attached hydrogens (primary N) is 1. The molecule has 2 amide bonds. The van der Waals surface area contributed by atoms with Gasteiger partial charge in [-0.15, -0.1) is 34.4 Å². The minimum absolute atomic E-state index is 0.0735. The SMILES string of the molecule is Cc1ncsc1C=CC1=C(C(=O)O)N2C(=O)C(NC(=O)C(=NO)c3csc(N)n3)[C@H]2SC1. The maximum Gasteiger partial charge on any atom is 0.352 e. The van der Waals surface area contributed by atoms with Crippen LogP contribution in [0.4, 0.5) is 5.13 Å². The Morgan fingerprint density at radius 1 is 1.38 bits per heavy atom. The van der Waals surface area contributed by atoms with Gasteiger partial charge in [-0.2, -0.15) is 0 Å². The molecule has 4 rings (SSSR count). The average Bonchev–Trinajstić information content (AvgIpc) is 3.37. The summed E-state index contributed by atoms with van der Waals surface area (Å²) in [4.78, 5) is 47.4. The largest absolute Gasteiger partial charge is 0.477 e. The zero-order chi connectivity index (χ0) is 23.0. The summed E-state index contributed by atoms with van der Waals surface area (Å²) in [6.07, 6.45) is 3.45. The van der Waals surface area contributed by atoms with Crippen LogP contribution in [-0.4, -0.2) is 65.8 Å². The molecular formula is C18H16N6O5S3. The van der Waals surface area contributed by atoms with E-state index in [0.29, 0.717) is 11.3 Å². The molecule has 32 heavy (non-hydrogen) atoms. The van der Waals surface area contributed by atoms with Crippen molar-refractivity contribution < 1.29 is 24.7 Å². The van der Waals surface area contributed by atoms with Crippen molar-refractivity contribution >= 4 is 69.1 Å². The minimum atomic E-state index is -1.23. The number of nitrogens with one attached hydrogen (secondary N) is 1. The molecule has 1 unspecified atom stereocenters. The van der Waals surface area contributed by atoms with E-state index in [1.165, 1.54) is 28.5 Å². The molecule has 0 aromatic carbocycles. The Labute approximate surface area is 193 Å². The highest BCUT2D eigenvalue weighted by Gasteiger charge is 2.54. The molecule has 1 fully saturated rings. The highest BCUT2D eigenvalue weighted by Crippen LogP contribution is 2.41. The number of thioether (sulfide) groups is 1. The van der Waals surface area contributed by atoms with E-state index in [1.54, 1.807) is 17.7 Å². The van der Waals surface area contributed by atoms with E-state index in [1.807, 2.05) is 6.92 Å². The van der Waals surface area contributed by atoms with Crippen molar-refractivity contribution in [2.75, 3.05) is 11.5 Å². The molecule has 4 heterocycles. The lowest BCUT2D eigenvalue weighted by molar-refractivity contribution is -0.150. The van der Waals surface area contributed by atoms with Crippen molar-refractivity contribution in [2.45, 2.75) is 18.3 Å². The van der Waals surface area contributed by atoms with Crippen LogP contribution in [0, 0.1) is 6.92 Å². The van der Waals surface area contributed by atoms with Crippen LogP contribution >= 0.6 is 34.4 Å². The van der Waals surface area contributed by atoms with Crippen LogP contribution in [0.2, 0.25) is 0 Å². The van der Waals surface area contributed by atoms with Gasteiger partial charge in [0.15, 0.2) is 10.8 Å². The van der Waals surface area contributed by atoms with Crippen molar-refractivity contribution in [3.8, 4) is 0 Å². The fourth-order valence-electron chi connectivity index (χ4n) is 3.24. The van der Waals surface area contributed by atoms with E-state index in [2.05, 4.69) is 20.4 Å². The lowest BCUT2D eigenvalue weighted by Gasteiger charge is -2.49. The molecule has 2 aliphatic rings. The lowest BCUT2D eigenvalue weighted by atomic mass is 10.0. The van der Waals surface area contributed by atoms with Crippen LogP contribution in [0.1, 0.15) is 16.3 Å². The second-order valence-corrected chi connectivity index (χ2v) is 9.58. The third-order valence-electron chi connectivity index (χ3n) is 4.79. The summed E-state index contributed by atoms with van der Waals surface area (Å²) in [5, 5.41) is 25.5. The summed E-state index contributed by atoms with van der Waals surface area (Å²) in [6.45, 7) is 1.85. The van der Waals surface area contributed by atoms with Crippen LogP contribution in [-0.2, 0) is 14.4 Å². The molecule has 11 nitrogen and oxygen atoms in total. The van der Waals surface area contributed by atoms with Gasteiger partial charge in [0.2, 0.25) is 0 Å². The number of aryl methyl sites for hydroxylation is 1. The predicted molar refractivity (Wildman–Crippen MR) is 120 cm³/mol. The van der Waals surface area contributed by atoms with Gasteiger partial charge in [-0.25, -0.2) is 14.8 Å². The highest BCUT2D eigenvalue weighted by atomic mass is 32.2. The first-order valence-electron chi connectivity index (χ1n) is 9.05. The zero-order valence-electron chi connectivity index (χ0n) is 16.4. The standard InChI is InChI=1S/C18H16N6O5S3/c1-7-10(32-6-20-7)3-2-8-4-30-16-12(15(26)24(16)13(8)17(27)28)22-14(25)11(23-29)9-5-31-18(19)21-9/h2-3,5-6,12,16,29H,4H2,1H3,(H2,19,21)(H,22,25)(H,27,28)/t12?,16-/m1/s1. The Hall–Kier alpha value is -3.23. The van der Waals surface area contributed by atoms with Crippen molar-refractivity contribution in [1.82, 2.24) is 20.2 Å². The van der Waals surface area contributed by atoms with Crippen molar-refractivity contribution in [3.63, 3.8) is 0 Å². The zero-order valence-corrected chi connectivity index (χ0v) is 18.8. The summed E-state index contributed by atoms with van der Waals surface area (Å²) >= 11 is 3.82. The number of oxime groups is 1. The lowest BCUT2D eigenvalue weighted by Crippen LogP contribution is -2.71. The van der Waals surface area contributed by atoms with Gasteiger partial charge in [-0.05, 0) is 18.6 Å². The molecule has 0 saturated carbocycles. The minimum Gasteiger partial charge on any atom is -0.477 e. The molecule has 2 aliphatic heterocycles. The number of carbonyl (C=O) groups is 3. The van der Waals surface area contributed by atoms with Gasteiger partial charge in [-0.3, -0.25) is 14.5 Å². The topological polar surface area (TPSA) is 171 Å². The molecule has 0 spiro atoms. The summed E-state index contributed by atoms with van der Waals surface area (Å²) in [6, 6.07) is -0.969. The number of thiazole rings is 2. The second kappa shape index (κ2) is 8.72. The molecule has 0 bridgehead atoms. The molecule has 5 N–H and O–H groups in total. The number of carbonyl (C=O) groups excluding carboxylic acids is 2. The Bertz CT molecular complexity index is 1200. The maximum atomic E-state index is 12.8. The number of hydrogen-bond acceptors (Lipinski definition) is 11. The van der Waals surface area contributed by atoms with E-state index in [4.69, 9.17) is 5.73 Å². The van der Waals surface area contributed by atoms with Gasteiger partial charge in [0, 0.05) is 16.0 Å². The van der Waals surface area contributed by atoms with Crippen LogP contribution in [0.25, 0.3) is 6.08 Å². The van der Waals surface area contributed by atoms with E-state index in [0.717, 1.165) is 26.8 Å². The molecule has 2 aromatic rings. The average molecular weight is 493 g/mol. The van der Waals surface area contributed by atoms with E-state index < -0.39 is 29.2 Å². The Balaban J connectivity index is 1.53. The number of aromatic nitrogens is 2. The van der Waals surface area contributed by atoms with Crippen molar-refractivity contribution in [2.24, 2.45) is 5.16 Å².